The Hall–Kier alpha value is -1.29. The molecule has 1 fully saturated rings. The Morgan fingerprint density at radius 3 is 3.06 bits per heavy atom. The van der Waals surface area contributed by atoms with Crippen LogP contribution in [0, 0.1) is 5.92 Å². The first-order chi connectivity index (χ1) is 8.66. The molecule has 3 unspecified atom stereocenters. The molecule has 3 atom stereocenters. The predicted octanol–water partition coefficient (Wildman–Crippen LogP) is 1.84. The van der Waals surface area contributed by atoms with Gasteiger partial charge in [-0.15, -0.1) is 0 Å². The van der Waals surface area contributed by atoms with Crippen LogP contribution in [-0.4, -0.2) is 18.0 Å². The van der Waals surface area contributed by atoms with Gasteiger partial charge in [-0.05, 0) is 38.3 Å². The molecule has 1 aliphatic rings. The molecule has 0 bridgehead atoms. The van der Waals surface area contributed by atoms with Crippen molar-refractivity contribution in [2.75, 3.05) is 0 Å². The fraction of sp³-hybridized carbons (Fsp3) is 0.643. The van der Waals surface area contributed by atoms with E-state index in [2.05, 4.69) is 5.32 Å². The third-order valence-electron chi connectivity index (χ3n) is 3.70. The molecule has 0 aromatic carbocycles. The van der Waals surface area contributed by atoms with Crippen LogP contribution >= 0.6 is 0 Å². The third-order valence-corrected chi connectivity index (χ3v) is 3.70. The number of hydrogen-bond acceptors (Lipinski definition) is 3. The van der Waals surface area contributed by atoms with Gasteiger partial charge in [0.15, 0.2) is 0 Å². The number of nitrogens with two attached hydrogens (primary N) is 1. The Kier molecular flexibility index (Phi) is 4.42. The summed E-state index contributed by atoms with van der Waals surface area (Å²) in [6, 6.07) is 4.05. The van der Waals surface area contributed by atoms with Gasteiger partial charge in [0.1, 0.15) is 5.76 Å². The topological polar surface area (TPSA) is 68.3 Å². The molecule has 100 valence electrons. The van der Waals surface area contributed by atoms with Crippen LogP contribution in [-0.2, 0) is 11.2 Å². The van der Waals surface area contributed by atoms with Crippen LogP contribution in [0.3, 0.4) is 0 Å². The summed E-state index contributed by atoms with van der Waals surface area (Å²) in [6.07, 6.45) is 6.39. The maximum atomic E-state index is 12.0. The van der Waals surface area contributed by atoms with E-state index >= 15 is 0 Å². The maximum Gasteiger partial charge on any atom is 0.224 e. The SMILES string of the molecule is CC(CCc1ccco1)NC(=O)C1CCCC1N. The van der Waals surface area contributed by atoms with Crippen LogP contribution in [0.25, 0.3) is 0 Å². The zero-order valence-electron chi connectivity index (χ0n) is 10.9. The number of nitrogens with one attached hydrogen (secondary N) is 1. The first kappa shape index (κ1) is 13.1. The molecule has 0 radical (unpaired) electrons. The fourth-order valence-electron chi connectivity index (χ4n) is 2.55. The minimum atomic E-state index is 0.0102. The lowest BCUT2D eigenvalue weighted by Gasteiger charge is -2.19. The van der Waals surface area contributed by atoms with E-state index in [9.17, 15) is 4.79 Å². The standard InChI is InChI=1S/C14H22N2O2/c1-10(7-8-11-4-3-9-18-11)16-14(17)12-5-2-6-13(12)15/h3-4,9-10,12-13H,2,5-8,15H2,1H3,(H,16,17). The number of furan rings is 1. The number of aryl methyl sites for hydroxylation is 1. The predicted molar refractivity (Wildman–Crippen MR) is 70.0 cm³/mol. The van der Waals surface area contributed by atoms with Crippen LogP contribution in [0.1, 0.15) is 38.4 Å². The molecule has 1 amide bonds. The number of carbonyl (C=O) groups excluding carboxylic acids is 1. The fourth-order valence-corrected chi connectivity index (χ4v) is 2.55. The highest BCUT2D eigenvalue weighted by Crippen LogP contribution is 2.24. The number of hydrogen-bond donors (Lipinski definition) is 2. The lowest BCUT2D eigenvalue weighted by molar-refractivity contribution is -0.125. The first-order valence-corrected chi connectivity index (χ1v) is 6.75. The quantitative estimate of drug-likeness (QED) is 0.838. The van der Waals surface area contributed by atoms with E-state index < -0.39 is 0 Å². The minimum absolute atomic E-state index is 0.0102. The van der Waals surface area contributed by atoms with Gasteiger partial charge in [0.25, 0.3) is 0 Å². The highest BCUT2D eigenvalue weighted by atomic mass is 16.3. The summed E-state index contributed by atoms with van der Waals surface area (Å²) < 4.78 is 5.27. The number of amides is 1. The summed E-state index contributed by atoms with van der Waals surface area (Å²) in [5, 5.41) is 3.05. The van der Waals surface area contributed by atoms with Crippen molar-refractivity contribution < 1.29 is 9.21 Å². The van der Waals surface area contributed by atoms with Gasteiger partial charge in [-0.3, -0.25) is 4.79 Å². The average molecular weight is 250 g/mol. The zero-order chi connectivity index (χ0) is 13.0. The van der Waals surface area contributed by atoms with Crippen molar-refractivity contribution >= 4 is 5.91 Å². The Morgan fingerprint density at radius 1 is 1.61 bits per heavy atom. The van der Waals surface area contributed by atoms with Crippen molar-refractivity contribution in [2.45, 2.75) is 51.1 Å². The van der Waals surface area contributed by atoms with Crippen LogP contribution in [0.2, 0.25) is 0 Å². The van der Waals surface area contributed by atoms with Crippen molar-refractivity contribution in [3.05, 3.63) is 24.2 Å². The molecule has 18 heavy (non-hydrogen) atoms. The summed E-state index contributed by atoms with van der Waals surface area (Å²) >= 11 is 0. The zero-order valence-corrected chi connectivity index (χ0v) is 10.9. The van der Waals surface area contributed by atoms with Gasteiger partial charge in [0.2, 0.25) is 5.91 Å². The van der Waals surface area contributed by atoms with E-state index in [1.165, 1.54) is 0 Å². The summed E-state index contributed by atoms with van der Waals surface area (Å²) in [7, 11) is 0. The molecule has 4 heteroatoms. The largest absolute Gasteiger partial charge is 0.469 e. The second kappa shape index (κ2) is 6.05. The monoisotopic (exact) mass is 250 g/mol. The van der Waals surface area contributed by atoms with Gasteiger partial charge in [0, 0.05) is 18.5 Å². The van der Waals surface area contributed by atoms with E-state index in [4.69, 9.17) is 10.2 Å². The van der Waals surface area contributed by atoms with Gasteiger partial charge in [-0.25, -0.2) is 0 Å². The number of carbonyl (C=O) groups is 1. The smallest absolute Gasteiger partial charge is 0.224 e. The van der Waals surface area contributed by atoms with Crippen LogP contribution < -0.4 is 11.1 Å². The van der Waals surface area contributed by atoms with Gasteiger partial charge in [0.05, 0.1) is 12.2 Å². The Bertz CT molecular complexity index is 375. The van der Waals surface area contributed by atoms with Gasteiger partial charge in [-0.2, -0.15) is 0 Å². The molecule has 1 aromatic rings. The first-order valence-electron chi connectivity index (χ1n) is 6.75. The number of rotatable bonds is 5. The molecule has 2 rings (SSSR count). The summed E-state index contributed by atoms with van der Waals surface area (Å²) in [4.78, 5) is 12.0. The van der Waals surface area contributed by atoms with Gasteiger partial charge < -0.3 is 15.5 Å². The molecule has 1 saturated carbocycles. The van der Waals surface area contributed by atoms with Crippen molar-refractivity contribution in [2.24, 2.45) is 11.7 Å². The van der Waals surface area contributed by atoms with Gasteiger partial charge >= 0.3 is 0 Å². The lowest BCUT2D eigenvalue weighted by atomic mass is 10.0. The second-order valence-electron chi connectivity index (χ2n) is 5.23. The van der Waals surface area contributed by atoms with Crippen LogP contribution in [0.5, 0.6) is 0 Å². The average Bonchev–Trinajstić information content (AvgIpc) is 2.97. The summed E-state index contributed by atoms with van der Waals surface area (Å²) in [5.41, 5.74) is 5.93. The molecular weight excluding hydrogens is 228 g/mol. The molecule has 0 aliphatic heterocycles. The van der Waals surface area contributed by atoms with E-state index in [-0.39, 0.29) is 23.9 Å². The molecule has 1 heterocycles. The highest BCUT2D eigenvalue weighted by molar-refractivity contribution is 5.79. The maximum absolute atomic E-state index is 12.0. The van der Waals surface area contributed by atoms with E-state index in [0.29, 0.717) is 0 Å². The van der Waals surface area contributed by atoms with Crippen molar-refractivity contribution in [3.63, 3.8) is 0 Å². The highest BCUT2D eigenvalue weighted by Gasteiger charge is 2.30. The normalized spacial score (nSPS) is 25.0. The lowest BCUT2D eigenvalue weighted by Crippen LogP contribution is -2.42. The molecule has 3 N–H and O–H groups in total. The van der Waals surface area contributed by atoms with Crippen molar-refractivity contribution in [1.29, 1.82) is 0 Å². The van der Waals surface area contributed by atoms with E-state index in [1.807, 2.05) is 19.1 Å². The molecule has 1 aliphatic carbocycles. The molecule has 0 spiro atoms. The Morgan fingerprint density at radius 2 is 2.44 bits per heavy atom. The van der Waals surface area contributed by atoms with Gasteiger partial charge in [-0.1, -0.05) is 6.42 Å². The molecular formula is C14H22N2O2. The molecule has 1 aromatic heterocycles. The third kappa shape index (κ3) is 3.35. The minimum Gasteiger partial charge on any atom is -0.469 e. The second-order valence-corrected chi connectivity index (χ2v) is 5.23. The van der Waals surface area contributed by atoms with Crippen LogP contribution in [0.15, 0.2) is 22.8 Å². The van der Waals surface area contributed by atoms with Crippen LogP contribution in [0.4, 0.5) is 0 Å². The Labute approximate surface area is 108 Å². The van der Waals surface area contributed by atoms with E-state index in [0.717, 1.165) is 37.9 Å². The summed E-state index contributed by atoms with van der Waals surface area (Å²) in [5.74, 6) is 1.09. The van der Waals surface area contributed by atoms with Crippen molar-refractivity contribution in [1.82, 2.24) is 5.32 Å². The van der Waals surface area contributed by atoms with Crippen molar-refractivity contribution in [3.8, 4) is 0 Å². The molecule has 0 saturated heterocycles. The Balaban J connectivity index is 1.73. The van der Waals surface area contributed by atoms with E-state index in [1.54, 1.807) is 6.26 Å². The summed E-state index contributed by atoms with van der Waals surface area (Å²) in [6.45, 7) is 2.03. The molecule has 4 nitrogen and oxygen atoms in total.